The molecule has 7 heteroatoms. The minimum Gasteiger partial charge on any atom is -0.457 e. The predicted molar refractivity (Wildman–Crippen MR) is 106 cm³/mol. The predicted octanol–water partition coefficient (Wildman–Crippen LogP) is 3.58. The van der Waals surface area contributed by atoms with E-state index >= 15 is 0 Å². The number of unbranched alkanes of at least 4 members (excludes halogenated alkanes) is 7. The molecular formula is C19H38NO5S+. The number of carbonyl (C=O) groups excluding carboxylic acids is 1. The minimum absolute atomic E-state index is 0.231. The van der Waals surface area contributed by atoms with Crippen LogP contribution in [0.1, 0.15) is 64.7 Å². The Hall–Kier alpha value is -0.920. The highest BCUT2D eigenvalue weighted by atomic mass is 32.2. The molecule has 0 aliphatic carbocycles. The van der Waals surface area contributed by atoms with Crippen molar-refractivity contribution >= 4 is 16.1 Å². The van der Waals surface area contributed by atoms with Crippen molar-refractivity contribution in [3.63, 3.8) is 0 Å². The normalized spacial score (nSPS) is 14.0. The Morgan fingerprint density at radius 1 is 1.00 bits per heavy atom. The van der Waals surface area contributed by atoms with E-state index in [9.17, 15) is 13.2 Å². The molecular weight excluding hydrogens is 354 g/mol. The van der Waals surface area contributed by atoms with Gasteiger partial charge in [-0.3, -0.25) is 4.55 Å². The van der Waals surface area contributed by atoms with Crippen LogP contribution in [-0.2, 0) is 19.6 Å². The zero-order valence-electron chi connectivity index (χ0n) is 16.6. The van der Waals surface area contributed by atoms with Crippen molar-refractivity contribution in [2.45, 2.75) is 64.7 Å². The molecule has 26 heavy (non-hydrogen) atoms. The van der Waals surface area contributed by atoms with Gasteiger partial charge >= 0.3 is 5.97 Å². The van der Waals surface area contributed by atoms with Crippen molar-refractivity contribution in [1.29, 1.82) is 0 Å². The van der Waals surface area contributed by atoms with Gasteiger partial charge in [0.1, 0.15) is 13.2 Å². The zero-order valence-corrected chi connectivity index (χ0v) is 17.4. The summed E-state index contributed by atoms with van der Waals surface area (Å²) in [5.74, 6) is -0.674. The van der Waals surface area contributed by atoms with Crippen LogP contribution in [0.5, 0.6) is 0 Å². The number of hydrogen-bond acceptors (Lipinski definition) is 4. The monoisotopic (exact) mass is 392 g/mol. The number of nitrogens with zero attached hydrogens (tertiary/aromatic N) is 1. The summed E-state index contributed by atoms with van der Waals surface area (Å²) in [6.45, 7) is 8.03. The Morgan fingerprint density at radius 3 is 2.08 bits per heavy atom. The van der Waals surface area contributed by atoms with Gasteiger partial charge < -0.3 is 9.22 Å². The third kappa shape index (κ3) is 15.3. The summed E-state index contributed by atoms with van der Waals surface area (Å²) in [6.07, 6.45) is 11.4. The highest BCUT2D eigenvalue weighted by molar-refractivity contribution is 7.85. The van der Waals surface area contributed by atoms with Crippen molar-refractivity contribution in [2.24, 2.45) is 0 Å². The fourth-order valence-corrected chi connectivity index (χ4v) is 3.51. The van der Waals surface area contributed by atoms with Gasteiger partial charge in [-0.25, -0.2) is 4.79 Å². The summed E-state index contributed by atoms with van der Waals surface area (Å²) in [7, 11) is -1.88. The molecule has 1 atom stereocenters. The van der Waals surface area contributed by atoms with Crippen LogP contribution in [-0.4, -0.2) is 62.5 Å². The SMILES string of the molecule is C=CC(=O)OCC[N+](C)(CCCCCCCCCC)CCCS(=O)(=O)O. The molecule has 0 heterocycles. The summed E-state index contributed by atoms with van der Waals surface area (Å²) in [6, 6.07) is 0. The second-order valence-corrected chi connectivity index (χ2v) is 8.85. The molecule has 0 saturated carbocycles. The van der Waals surface area contributed by atoms with E-state index in [-0.39, 0.29) is 12.4 Å². The number of quaternary nitrogens is 1. The lowest BCUT2D eigenvalue weighted by Gasteiger charge is -2.34. The number of ether oxygens (including phenoxy) is 1. The van der Waals surface area contributed by atoms with Crippen LogP contribution in [0.15, 0.2) is 12.7 Å². The molecule has 0 amide bonds. The van der Waals surface area contributed by atoms with Crippen molar-refractivity contribution in [3.8, 4) is 0 Å². The van der Waals surface area contributed by atoms with E-state index in [1.54, 1.807) is 0 Å². The Kier molecular flexibility index (Phi) is 13.7. The fourth-order valence-electron chi connectivity index (χ4n) is 3.02. The molecule has 0 saturated heterocycles. The zero-order chi connectivity index (χ0) is 19.9. The van der Waals surface area contributed by atoms with E-state index in [1.807, 2.05) is 7.05 Å². The Morgan fingerprint density at radius 2 is 1.54 bits per heavy atom. The molecule has 0 aliphatic heterocycles. The van der Waals surface area contributed by atoms with Gasteiger partial charge in [-0.2, -0.15) is 8.42 Å². The lowest BCUT2D eigenvalue weighted by Crippen LogP contribution is -2.48. The van der Waals surface area contributed by atoms with Crippen LogP contribution in [0.25, 0.3) is 0 Å². The number of esters is 1. The minimum atomic E-state index is -3.93. The molecule has 0 aliphatic rings. The molecule has 0 aromatic rings. The largest absolute Gasteiger partial charge is 0.457 e. The molecule has 0 aromatic carbocycles. The van der Waals surface area contributed by atoms with Crippen LogP contribution >= 0.6 is 0 Å². The van der Waals surface area contributed by atoms with Crippen LogP contribution < -0.4 is 0 Å². The molecule has 1 unspecified atom stereocenters. The first-order chi connectivity index (χ1) is 12.2. The van der Waals surface area contributed by atoms with E-state index in [4.69, 9.17) is 9.29 Å². The van der Waals surface area contributed by atoms with Crippen molar-refractivity contribution in [3.05, 3.63) is 12.7 Å². The van der Waals surface area contributed by atoms with Crippen molar-refractivity contribution < 1.29 is 27.0 Å². The average molecular weight is 393 g/mol. The average Bonchev–Trinajstić information content (AvgIpc) is 2.56. The molecule has 0 spiro atoms. The van der Waals surface area contributed by atoms with E-state index in [1.165, 1.54) is 38.5 Å². The first kappa shape index (κ1) is 25.1. The van der Waals surface area contributed by atoms with Crippen molar-refractivity contribution in [2.75, 3.05) is 39.0 Å². The molecule has 0 radical (unpaired) electrons. The van der Waals surface area contributed by atoms with E-state index < -0.39 is 16.1 Å². The second kappa shape index (κ2) is 14.2. The van der Waals surface area contributed by atoms with Gasteiger partial charge in [0, 0.05) is 12.5 Å². The molecule has 154 valence electrons. The maximum absolute atomic E-state index is 11.2. The smallest absolute Gasteiger partial charge is 0.330 e. The Balaban J connectivity index is 4.24. The summed E-state index contributed by atoms with van der Waals surface area (Å²) in [4.78, 5) is 11.2. The van der Waals surface area contributed by atoms with Gasteiger partial charge in [0.15, 0.2) is 0 Å². The highest BCUT2D eigenvalue weighted by Gasteiger charge is 2.22. The highest BCUT2D eigenvalue weighted by Crippen LogP contribution is 2.12. The maximum atomic E-state index is 11.2. The number of likely N-dealkylation sites (N-methyl/N-ethyl adjacent to an activating group) is 1. The summed E-state index contributed by atoms with van der Waals surface area (Å²) >= 11 is 0. The molecule has 0 bridgehead atoms. The third-order valence-corrected chi connectivity index (χ3v) is 5.50. The van der Waals surface area contributed by atoms with E-state index in [0.717, 1.165) is 25.5 Å². The van der Waals surface area contributed by atoms with Gasteiger partial charge in [-0.15, -0.1) is 0 Å². The molecule has 0 rings (SSSR count). The summed E-state index contributed by atoms with van der Waals surface area (Å²) in [5.41, 5.74) is 0. The summed E-state index contributed by atoms with van der Waals surface area (Å²) in [5, 5.41) is 0. The maximum Gasteiger partial charge on any atom is 0.330 e. The van der Waals surface area contributed by atoms with Gasteiger partial charge in [0.05, 0.1) is 25.9 Å². The lowest BCUT2D eigenvalue weighted by molar-refractivity contribution is -0.909. The summed E-state index contributed by atoms with van der Waals surface area (Å²) < 4.78 is 36.5. The lowest BCUT2D eigenvalue weighted by atomic mass is 10.1. The first-order valence-corrected chi connectivity index (χ1v) is 11.4. The Bertz CT molecular complexity index is 492. The quantitative estimate of drug-likeness (QED) is 0.135. The third-order valence-electron chi connectivity index (χ3n) is 4.69. The van der Waals surface area contributed by atoms with Crippen LogP contribution in [0.2, 0.25) is 0 Å². The standard InChI is InChI=1S/C19H37NO5S/c1-4-6-7-8-9-10-11-12-14-20(3,15-13-18-26(22,23)24)16-17-25-19(21)5-2/h5H,2,4,6-18H2,1,3H3/p+1. The van der Waals surface area contributed by atoms with E-state index in [2.05, 4.69) is 13.5 Å². The second-order valence-electron chi connectivity index (χ2n) is 7.28. The van der Waals surface area contributed by atoms with Gasteiger partial charge in [0.25, 0.3) is 10.1 Å². The number of carbonyl (C=O) groups is 1. The van der Waals surface area contributed by atoms with Crippen molar-refractivity contribution in [1.82, 2.24) is 0 Å². The molecule has 6 nitrogen and oxygen atoms in total. The van der Waals surface area contributed by atoms with Gasteiger partial charge in [0.2, 0.25) is 0 Å². The topological polar surface area (TPSA) is 80.7 Å². The van der Waals surface area contributed by atoms with Gasteiger partial charge in [-0.1, -0.05) is 52.0 Å². The van der Waals surface area contributed by atoms with Crippen LogP contribution in [0.3, 0.4) is 0 Å². The van der Waals surface area contributed by atoms with E-state index in [0.29, 0.717) is 24.0 Å². The molecule has 1 N–H and O–H groups in total. The first-order valence-electron chi connectivity index (χ1n) is 9.80. The number of hydrogen-bond donors (Lipinski definition) is 1. The Labute approximate surface area is 159 Å². The van der Waals surface area contributed by atoms with Crippen LogP contribution in [0, 0.1) is 0 Å². The number of rotatable bonds is 17. The molecule has 0 aromatic heterocycles. The van der Waals surface area contributed by atoms with Gasteiger partial charge in [-0.05, 0) is 12.8 Å². The fraction of sp³-hybridized carbons (Fsp3) is 0.842. The molecule has 0 fully saturated rings. The van der Waals surface area contributed by atoms with Crippen LogP contribution in [0.4, 0.5) is 0 Å².